The number of rotatable bonds is 12. The summed E-state index contributed by atoms with van der Waals surface area (Å²) in [5, 5.41) is 4.50. The number of aromatic nitrogens is 2. The average molecular weight is 593 g/mol. The van der Waals surface area contributed by atoms with Gasteiger partial charge >= 0.3 is 0 Å². The summed E-state index contributed by atoms with van der Waals surface area (Å²) in [6.07, 6.45) is 12.5. The molecule has 7 rings (SSSR count). The van der Waals surface area contributed by atoms with E-state index in [1.54, 1.807) is 22.7 Å². The summed E-state index contributed by atoms with van der Waals surface area (Å²) in [4.78, 5) is 15.0. The van der Waals surface area contributed by atoms with Crippen molar-refractivity contribution in [2.24, 2.45) is 0 Å². The second-order valence-corrected chi connectivity index (χ2v) is 13.6. The van der Waals surface area contributed by atoms with Crippen molar-refractivity contribution >= 4 is 66.4 Å². The van der Waals surface area contributed by atoms with Crippen LogP contribution in [0.15, 0.2) is 69.5 Å². The van der Waals surface area contributed by atoms with Crippen LogP contribution in [0, 0.1) is 0 Å². The Kier molecular flexibility index (Phi) is 7.83. The highest BCUT2D eigenvalue weighted by Crippen LogP contribution is 2.39. The molecule has 0 aliphatic rings. The van der Waals surface area contributed by atoms with Crippen molar-refractivity contribution in [1.82, 2.24) is 9.97 Å². The van der Waals surface area contributed by atoms with Crippen molar-refractivity contribution in [3.8, 4) is 21.5 Å². The molecule has 7 aromatic rings. The molecule has 4 aromatic heterocycles. The standard InChI is InChI=1S/C36H36N2O2S2/c1-3-5-7-9-11-23-13-21-31(41-23)35-37-33-27-15-16-28-26(25(27)17-19-29(33)39-35)18-20-30-34(28)38-36(40-30)32-22-14-24(42-32)12-10-8-6-4-2/h13-22H,3-12H2,1-2H3. The fourth-order valence-corrected chi connectivity index (χ4v) is 7.87. The van der Waals surface area contributed by atoms with E-state index in [1.807, 2.05) is 0 Å². The molecule has 0 saturated heterocycles. The lowest BCUT2D eigenvalue weighted by Gasteiger charge is -2.04. The maximum Gasteiger partial charge on any atom is 0.237 e. The van der Waals surface area contributed by atoms with Gasteiger partial charge in [0.2, 0.25) is 11.8 Å². The van der Waals surface area contributed by atoms with Gasteiger partial charge in [0, 0.05) is 20.5 Å². The first-order valence-electron chi connectivity index (χ1n) is 15.5. The van der Waals surface area contributed by atoms with Gasteiger partial charge in [0.1, 0.15) is 11.0 Å². The molecule has 4 nitrogen and oxygen atoms in total. The fraction of sp³-hybridized carbons (Fsp3) is 0.333. The molecule has 42 heavy (non-hydrogen) atoms. The Bertz CT molecular complexity index is 1850. The molecule has 0 unspecified atom stereocenters. The van der Waals surface area contributed by atoms with Gasteiger partial charge in [-0.25, -0.2) is 9.97 Å². The van der Waals surface area contributed by atoms with E-state index in [0.717, 1.165) is 66.3 Å². The van der Waals surface area contributed by atoms with E-state index in [2.05, 4.69) is 74.5 Å². The van der Waals surface area contributed by atoms with Gasteiger partial charge in [-0.05, 0) is 85.0 Å². The minimum Gasteiger partial charge on any atom is -0.435 e. The maximum absolute atomic E-state index is 6.26. The first-order valence-corrected chi connectivity index (χ1v) is 17.1. The fourth-order valence-electron chi connectivity index (χ4n) is 5.92. The van der Waals surface area contributed by atoms with Crippen LogP contribution in [0.2, 0.25) is 0 Å². The summed E-state index contributed by atoms with van der Waals surface area (Å²) in [7, 11) is 0. The van der Waals surface area contributed by atoms with Gasteiger partial charge in [-0.1, -0.05) is 64.5 Å². The highest BCUT2D eigenvalue weighted by atomic mass is 32.1. The van der Waals surface area contributed by atoms with Gasteiger partial charge in [-0.3, -0.25) is 0 Å². The molecule has 0 atom stereocenters. The number of aryl methyl sites for hydroxylation is 2. The molecular formula is C36H36N2O2S2. The molecule has 3 aromatic carbocycles. The van der Waals surface area contributed by atoms with E-state index >= 15 is 0 Å². The van der Waals surface area contributed by atoms with Crippen LogP contribution in [0.5, 0.6) is 0 Å². The van der Waals surface area contributed by atoms with E-state index in [4.69, 9.17) is 18.8 Å². The molecule has 6 heteroatoms. The number of hydrogen-bond acceptors (Lipinski definition) is 6. The Labute approximate surface area is 254 Å². The molecule has 0 saturated carbocycles. The van der Waals surface area contributed by atoms with Crippen molar-refractivity contribution in [1.29, 1.82) is 0 Å². The number of fused-ring (bicyclic) bond motifs is 7. The first kappa shape index (κ1) is 27.4. The second-order valence-electron chi connectivity index (χ2n) is 11.3. The zero-order valence-electron chi connectivity index (χ0n) is 24.4. The summed E-state index contributed by atoms with van der Waals surface area (Å²) in [6, 6.07) is 21.5. The Morgan fingerprint density at radius 3 is 1.40 bits per heavy atom. The van der Waals surface area contributed by atoms with Crippen molar-refractivity contribution < 1.29 is 8.83 Å². The molecule has 0 amide bonds. The van der Waals surface area contributed by atoms with E-state index in [0.29, 0.717) is 11.8 Å². The number of oxazole rings is 2. The minimum absolute atomic E-state index is 0.708. The average Bonchev–Trinajstić information content (AvgIpc) is 3.82. The first-order chi connectivity index (χ1) is 20.7. The number of nitrogens with zero attached hydrogens (tertiary/aromatic N) is 2. The topological polar surface area (TPSA) is 52.1 Å². The molecule has 0 N–H and O–H groups in total. The monoisotopic (exact) mass is 592 g/mol. The summed E-state index contributed by atoms with van der Waals surface area (Å²) < 4.78 is 12.5. The third kappa shape index (κ3) is 5.27. The van der Waals surface area contributed by atoms with Gasteiger partial charge in [-0.2, -0.15) is 0 Å². The quantitative estimate of drug-likeness (QED) is 0.105. The third-order valence-electron chi connectivity index (χ3n) is 8.21. The Morgan fingerprint density at radius 2 is 0.952 bits per heavy atom. The lowest BCUT2D eigenvalue weighted by molar-refractivity contribution is 0.621. The number of thiophene rings is 2. The van der Waals surface area contributed by atoms with E-state index in [1.165, 1.54) is 61.1 Å². The van der Waals surface area contributed by atoms with Crippen LogP contribution in [0.1, 0.15) is 75.0 Å². The van der Waals surface area contributed by atoms with Crippen LogP contribution in [-0.4, -0.2) is 9.97 Å². The number of hydrogen-bond donors (Lipinski definition) is 0. The summed E-state index contributed by atoms with van der Waals surface area (Å²) in [5.74, 6) is 1.42. The van der Waals surface area contributed by atoms with Gasteiger partial charge in [0.15, 0.2) is 11.2 Å². The largest absolute Gasteiger partial charge is 0.435 e. The van der Waals surface area contributed by atoms with E-state index in [9.17, 15) is 0 Å². The van der Waals surface area contributed by atoms with Crippen LogP contribution in [0.4, 0.5) is 0 Å². The van der Waals surface area contributed by atoms with Crippen molar-refractivity contribution in [2.75, 3.05) is 0 Å². The molecule has 0 spiro atoms. The predicted octanol–water partition coefficient (Wildman–Crippen LogP) is 12.0. The predicted molar refractivity (Wildman–Crippen MR) is 179 cm³/mol. The second kappa shape index (κ2) is 12.0. The molecule has 0 fully saturated rings. The Hall–Kier alpha value is -3.48. The molecule has 214 valence electrons. The van der Waals surface area contributed by atoms with Crippen LogP contribution < -0.4 is 0 Å². The minimum atomic E-state index is 0.708. The molecule has 0 aliphatic carbocycles. The van der Waals surface area contributed by atoms with E-state index < -0.39 is 0 Å². The molecule has 4 heterocycles. The number of benzene rings is 3. The highest BCUT2D eigenvalue weighted by molar-refractivity contribution is 7.15. The van der Waals surface area contributed by atoms with Gasteiger partial charge in [0.05, 0.1) is 9.75 Å². The van der Waals surface area contributed by atoms with Crippen molar-refractivity contribution in [2.45, 2.75) is 78.1 Å². The number of unbranched alkanes of at least 4 members (excludes halogenated alkanes) is 6. The molecule has 0 aliphatic heterocycles. The SMILES string of the molecule is CCCCCCc1ccc(-c2nc3c(ccc4c5ccc6oc(-c7ccc(CCCCCC)s7)nc6c5ccc43)o2)s1. The molecule has 0 bridgehead atoms. The van der Waals surface area contributed by atoms with Crippen molar-refractivity contribution in [3.05, 3.63) is 70.4 Å². The van der Waals surface area contributed by atoms with Gasteiger partial charge in [0.25, 0.3) is 0 Å². The van der Waals surface area contributed by atoms with Crippen LogP contribution in [0.3, 0.4) is 0 Å². The summed E-state index contributed by atoms with van der Waals surface area (Å²) in [5.41, 5.74) is 3.46. The summed E-state index contributed by atoms with van der Waals surface area (Å²) in [6.45, 7) is 4.51. The Morgan fingerprint density at radius 1 is 0.500 bits per heavy atom. The zero-order chi connectivity index (χ0) is 28.5. The maximum atomic E-state index is 6.26. The highest BCUT2D eigenvalue weighted by Gasteiger charge is 2.17. The third-order valence-corrected chi connectivity index (χ3v) is 10.5. The Balaban J connectivity index is 1.19. The molecular weight excluding hydrogens is 557 g/mol. The van der Waals surface area contributed by atoms with Crippen LogP contribution in [0.25, 0.3) is 65.3 Å². The van der Waals surface area contributed by atoms with Crippen LogP contribution >= 0.6 is 22.7 Å². The van der Waals surface area contributed by atoms with E-state index in [-0.39, 0.29) is 0 Å². The van der Waals surface area contributed by atoms with Crippen LogP contribution in [-0.2, 0) is 12.8 Å². The van der Waals surface area contributed by atoms with Gasteiger partial charge < -0.3 is 8.83 Å². The smallest absolute Gasteiger partial charge is 0.237 e. The normalized spacial score (nSPS) is 12.0. The summed E-state index contributed by atoms with van der Waals surface area (Å²) >= 11 is 3.60. The lowest BCUT2D eigenvalue weighted by Crippen LogP contribution is -1.81. The zero-order valence-corrected chi connectivity index (χ0v) is 26.0. The lowest BCUT2D eigenvalue weighted by atomic mass is 10.0. The van der Waals surface area contributed by atoms with Gasteiger partial charge in [-0.15, -0.1) is 22.7 Å². The van der Waals surface area contributed by atoms with Crippen molar-refractivity contribution in [3.63, 3.8) is 0 Å². The molecule has 0 radical (unpaired) electrons.